The monoisotopic (exact) mass is 274 g/mol. The van der Waals surface area contributed by atoms with Crippen LogP contribution in [0.15, 0.2) is 24.3 Å². The summed E-state index contributed by atoms with van der Waals surface area (Å²) in [7, 11) is 0. The lowest BCUT2D eigenvalue weighted by molar-refractivity contribution is -0.0598. The number of hydrogen-bond donors (Lipinski definition) is 3. The minimum atomic E-state index is -0.879. The molecule has 1 aliphatic heterocycles. The number of amides is 2. The summed E-state index contributed by atoms with van der Waals surface area (Å²) < 4.78 is 5.19. The molecule has 1 aromatic rings. The molecule has 1 fully saturated rings. The average molecular weight is 274 g/mol. The lowest BCUT2D eigenvalue weighted by atomic mass is 9.94. The van der Waals surface area contributed by atoms with Gasteiger partial charge in [0, 0.05) is 43.9 Å². The third-order valence-corrected chi connectivity index (χ3v) is 3.29. The summed E-state index contributed by atoms with van der Waals surface area (Å²) in [5.41, 5.74) is 0.443. The van der Waals surface area contributed by atoms with Gasteiger partial charge in [-0.05, 0) is 18.2 Å². The van der Waals surface area contributed by atoms with Gasteiger partial charge in [-0.2, -0.15) is 0 Å². The Labute approximate surface area is 118 Å². The molecule has 2 rings (SSSR count). The molecule has 3 N–H and O–H groups in total. The molecule has 0 spiro atoms. The molecular formula is C15H18N2O3. The van der Waals surface area contributed by atoms with Crippen molar-refractivity contribution in [2.45, 2.75) is 18.4 Å². The Kier molecular flexibility index (Phi) is 4.61. The summed E-state index contributed by atoms with van der Waals surface area (Å²) in [6, 6.07) is 6.66. The van der Waals surface area contributed by atoms with Crippen LogP contribution in [0.25, 0.3) is 0 Å². The number of hydrogen-bond acceptors (Lipinski definition) is 3. The van der Waals surface area contributed by atoms with Gasteiger partial charge in [-0.3, -0.25) is 0 Å². The number of aliphatic hydroxyl groups is 1. The molecule has 2 amide bonds. The highest BCUT2D eigenvalue weighted by atomic mass is 16.5. The molecule has 0 aromatic heterocycles. The van der Waals surface area contributed by atoms with Crippen molar-refractivity contribution >= 4 is 11.7 Å². The number of benzene rings is 1. The largest absolute Gasteiger partial charge is 0.388 e. The van der Waals surface area contributed by atoms with Crippen molar-refractivity contribution in [3.8, 4) is 12.3 Å². The van der Waals surface area contributed by atoms with Gasteiger partial charge in [0.25, 0.3) is 0 Å². The SMILES string of the molecule is C#Cc1cccc(NC(=O)NCC2(O)CCOCC2)c1. The van der Waals surface area contributed by atoms with Gasteiger partial charge in [-0.15, -0.1) is 6.42 Å². The highest BCUT2D eigenvalue weighted by molar-refractivity contribution is 5.89. The molecular weight excluding hydrogens is 256 g/mol. The maximum atomic E-state index is 11.8. The fraction of sp³-hybridized carbons (Fsp3) is 0.400. The van der Waals surface area contributed by atoms with E-state index >= 15 is 0 Å². The van der Waals surface area contributed by atoms with Crippen LogP contribution >= 0.6 is 0 Å². The molecule has 1 aliphatic rings. The molecule has 0 saturated carbocycles. The summed E-state index contributed by atoms with van der Waals surface area (Å²) in [5, 5.41) is 15.6. The van der Waals surface area contributed by atoms with Crippen LogP contribution in [0.3, 0.4) is 0 Å². The number of rotatable bonds is 3. The van der Waals surface area contributed by atoms with Gasteiger partial charge in [-0.25, -0.2) is 4.79 Å². The number of urea groups is 1. The molecule has 0 radical (unpaired) electrons. The second kappa shape index (κ2) is 6.42. The Morgan fingerprint density at radius 2 is 2.20 bits per heavy atom. The normalized spacial score (nSPS) is 17.0. The minimum absolute atomic E-state index is 0.205. The topological polar surface area (TPSA) is 70.6 Å². The number of ether oxygens (including phenoxy) is 1. The maximum absolute atomic E-state index is 11.8. The summed E-state index contributed by atoms with van der Waals surface area (Å²) in [6.45, 7) is 1.24. The van der Waals surface area contributed by atoms with Crippen molar-refractivity contribution in [1.82, 2.24) is 5.32 Å². The van der Waals surface area contributed by atoms with Gasteiger partial charge in [0.1, 0.15) is 0 Å². The van der Waals surface area contributed by atoms with Crippen LogP contribution in [0.4, 0.5) is 10.5 Å². The first kappa shape index (κ1) is 14.4. The van der Waals surface area contributed by atoms with Crippen LogP contribution in [-0.2, 0) is 4.74 Å². The van der Waals surface area contributed by atoms with Crippen molar-refractivity contribution in [3.63, 3.8) is 0 Å². The zero-order valence-electron chi connectivity index (χ0n) is 11.2. The van der Waals surface area contributed by atoms with Crippen molar-refractivity contribution in [3.05, 3.63) is 29.8 Å². The Balaban J connectivity index is 1.84. The number of terminal acetylenes is 1. The van der Waals surface area contributed by atoms with Gasteiger partial charge < -0.3 is 20.5 Å². The Morgan fingerprint density at radius 3 is 2.90 bits per heavy atom. The van der Waals surface area contributed by atoms with E-state index in [0.29, 0.717) is 37.3 Å². The van der Waals surface area contributed by atoms with Crippen molar-refractivity contribution in [2.24, 2.45) is 0 Å². The molecule has 5 heteroatoms. The predicted molar refractivity (Wildman–Crippen MR) is 76.4 cm³/mol. The zero-order chi connectivity index (χ0) is 14.4. The fourth-order valence-electron chi connectivity index (χ4n) is 2.03. The molecule has 1 heterocycles. The van der Waals surface area contributed by atoms with Crippen LogP contribution in [0.5, 0.6) is 0 Å². The number of nitrogens with one attached hydrogen (secondary N) is 2. The van der Waals surface area contributed by atoms with E-state index in [2.05, 4.69) is 16.6 Å². The fourth-order valence-corrected chi connectivity index (χ4v) is 2.03. The Bertz CT molecular complexity index is 516. The molecule has 20 heavy (non-hydrogen) atoms. The molecule has 5 nitrogen and oxygen atoms in total. The molecule has 106 valence electrons. The van der Waals surface area contributed by atoms with Crippen LogP contribution in [0, 0.1) is 12.3 Å². The third kappa shape index (κ3) is 3.98. The van der Waals surface area contributed by atoms with E-state index in [1.165, 1.54) is 0 Å². The summed E-state index contributed by atoms with van der Waals surface area (Å²) in [6.07, 6.45) is 6.36. The predicted octanol–water partition coefficient (Wildman–Crippen LogP) is 1.33. The van der Waals surface area contributed by atoms with Crippen molar-refractivity contribution in [2.75, 3.05) is 25.1 Å². The van der Waals surface area contributed by atoms with E-state index in [4.69, 9.17) is 11.2 Å². The quantitative estimate of drug-likeness (QED) is 0.728. The molecule has 0 bridgehead atoms. The number of anilines is 1. The van der Waals surface area contributed by atoms with Crippen molar-refractivity contribution < 1.29 is 14.6 Å². The zero-order valence-corrected chi connectivity index (χ0v) is 11.2. The molecule has 0 unspecified atom stereocenters. The van der Waals surface area contributed by atoms with E-state index in [1.807, 2.05) is 0 Å². The summed E-state index contributed by atoms with van der Waals surface area (Å²) >= 11 is 0. The smallest absolute Gasteiger partial charge is 0.319 e. The lowest BCUT2D eigenvalue weighted by Gasteiger charge is -2.32. The maximum Gasteiger partial charge on any atom is 0.319 e. The molecule has 0 atom stereocenters. The van der Waals surface area contributed by atoms with Crippen LogP contribution in [-0.4, -0.2) is 36.5 Å². The van der Waals surface area contributed by atoms with E-state index in [-0.39, 0.29) is 12.6 Å². The molecule has 1 saturated heterocycles. The standard InChI is InChI=1S/C15H18N2O3/c1-2-12-4-3-5-13(10-12)17-14(18)16-11-15(19)6-8-20-9-7-15/h1,3-5,10,19H,6-9,11H2,(H2,16,17,18). The highest BCUT2D eigenvalue weighted by Crippen LogP contribution is 2.19. The lowest BCUT2D eigenvalue weighted by Crippen LogP contribution is -2.47. The first-order valence-corrected chi connectivity index (χ1v) is 6.53. The van der Waals surface area contributed by atoms with E-state index in [0.717, 1.165) is 0 Å². The molecule has 1 aromatic carbocycles. The van der Waals surface area contributed by atoms with E-state index in [1.54, 1.807) is 24.3 Å². The van der Waals surface area contributed by atoms with Gasteiger partial charge >= 0.3 is 6.03 Å². The summed E-state index contributed by atoms with van der Waals surface area (Å²) in [5.74, 6) is 2.50. The second-order valence-electron chi connectivity index (χ2n) is 4.87. The van der Waals surface area contributed by atoms with Gasteiger partial charge in [-0.1, -0.05) is 12.0 Å². The van der Waals surface area contributed by atoms with Gasteiger partial charge in [0.05, 0.1) is 5.60 Å². The van der Waals surface area contributed by atoms with E-state index in [9.17, 15) is 9.90 Å². The first-order valence-electron chi connectivity index (χ1n) is 6.53. The van der Waals surface area contributed by atoms with E-state index < -0.39 is 5.60 Å². The van der Waals surface area contributed by atoms with Crippen LogP contribution in [0.2, 0.25) is 0 Å². The van der Waals surface area contributed by atoms with Crippen molar-refractivity contribution in [1.29, 1.82) is 0 Å². The second-order valence-corrected chi connectivity index (χ2v) is 4.87. The third-order valence-electron chi connectivity index (χ3n) is 3.29. The first-order chi connectivity index (χ1) is 9.61. The average Bonchev–Trinajstić information content (AvgIpc) is 2.46. The highest BCUT2D eigenvalue weighted by Gasteiger charge is 2.30. The number of carbonyl (C=O) groups is 1. The Hall–Kier alpha value is -2.03. The Morgan fingerprint density at radius 1 is 1.45 bits per heavy atom. The summed E-state index contributed by atoms with van der Waals surface area (Å²) in [4.78, 5) is 11.8. The number of carbonyl (C=O) groups excluding carboxylic acids is 1. The van der Waals surface area contributed by atoms with Crippen LogP contribution < -0.4 is 10.6 Å². The van der Waals surface area contributed by atoms with Gasteiger partial charge in [0.15, 0.2) is 0 Å². The van der Waals surface area contributed by atoms with Gasteiger partial charge in [0.2, 0.25) is 0 Å². The van der Waals surface area contributed by atoms with Crippen LogP contribution in [0.1, 0.15) is 18.4 Å². The molecule has 0 aliphatic carbocycles. The minimum Gasteiger partial charge on any atom is -0.388 e.